The van der Waals surface area contributed by atoms with Crippen molar-refractivity contribution in [1.82, 2.24) is 23.6 Å². The van der Waals surface area contributed by atoms with E-state index in [4.69, 9.17) is 4.74 Å². The van der Waals surface area contributed by atoms with Crippen LogP contribution in [0.4, 0.5) is 0 Å². The summed E-state index contributed by atoms with van der Waals surface area (Å²) >= 11 is 0. The van der Waals surface area contributed by atoms with Crippen LogP contribution in [0, 0.1) is 0 Å². The van der Waals surface area contributed by atoms with Crippen molar-refractivity contribution in [2.45, 2.75) is 17.5 Å². The minimum atomic E-state index is -3.63. The summed E-state index contributed by atoms with van der Waals surface area (Å²) in [5, 5.41) is 4.31. The highest BCUT2D eigenvalue weighted by Gasteiger charge is 2.36. The molecule has 3 heterocycles. The van der Waals surface area contributed by atoms with Gasteiger partial charge in [-0.15, -0.1) is 0 Å². The molecule has 0 radical (unpaired) electrons. The van der Waals surface area contributed by atoms with Crippen molar-refractivity contribution in [3.63, 3.8) is 0 Å². The minimum Gasteiger partial charge on any atom is -0.384 e. The lowest BCUT2D eigenvalue weighted by atomic mass is 9.97. The molecule has 0 aromatic carbocycles. The number of hydrogen-bond donors (Lipinski definition) is 0. The second kappa shape index (κ2) is 5.49. The summed E-state index contributed by atoms with van der Waals surface area (Å²) in [6, 6.07) is 0. The molecule has 1 aliphatic heterocycles. The Bertz CT molecular complexity index is 779. The summed E-state index contributed by atoms with van der Waals surface area (Å²) < 4.78 is 35.6. The molecular formula is C13H19N5O3S. The predicted molar refractivity (Wildman–Crippen MR) is 78.6 cm³/mol. The predicted octanol–water partition coefficient (Wildman–Crippen LogP) is 0.0881. The first-order chi connectivity index (χ1) is 10.4. The van der Waals surface area contributed by atoms with Gasteiger partial charge in [0.2, 0.25) is 0 Å². The molecule has 2 aromatic heterocycles. The van der Waals surface area contributed by atoms with E-state index in [9.17, 15) is 8.42 Å². The van der Waals surface area contributed by atoms with Crippen molar-refractivity contribution in [2.75, 3.05) is 20.3 Å². The number of fused-ring (bicyclic) bond motifs is 1. The Kier molecular flexibility index (Phi) is 3.79. The first kappa shape index (κ1) is 15.2. The molecule has 0 N–H and O–H groups in total. The molecule has 0 spiro atoms. The van der Waals surface area contributed by atoms with Crippen molar-refractivity contribution in [3.8, 4) is 0 Å². The normalized spacial score (nSPS) is 19.3. The Morgan fingerprint density at radius 1 is 1.41 bits per heavy atom. The fourth-order valence-corrected chi connectivity index (χ4v) is 4.18. The quantitative estimate of drug-likeness (QED) is 0.795. The van der Waals surface area contributed by atoms with Gasteiger partial charge < -0.3 is 9.30 Å². The summed E-state index contributed by atoms with van der Waals surface area (Å²) in [5.74, 6) is -0.0269. The average molecular weight is 325 g/mol. The molecule has 0 amide bonds. The molecule has 3 rings (SSSR count). The highest BCUT2D eigenvalue weighted by molar-refractivity contribution is 7.89. The van der Waals surface area contributed by atoms with Crippen molar-refractivity contribution in [2.24, 2.45) is 14.1 Å². The summed E-state index contributed by atoms with van der Waals surface area (Å²) in [6.07, 6.45) is 4.79. The average Bonchev–Trinajstić information content (AvgIpc) is 3.07. The van der Waals surface area contributed by atoms with E-state index in [0.717, 1.165) is 11.3 Å². The maximum Gasteiger partial charge on any atom is 0.262 e. The Balaban J connectivity index is 1.98. The summed E-state index contributed by atoms with van der Waals surface area (Å²) in [5.41, 5.74) is 1.95. The number of sulfonamides is 1. The van der Waals surface area contributed by atoms with Gasteiger partial charge in [0.15, 0.2) is 5.03 Å². The third-order valence-electron chi connectivity index (χ3n) is 3.94. The van der Waals surface area contributed by atoms with E-state index in [2.05, 4.69) is 10.1 Å². The lowest BCUT2D eigenvalue weighted by Crippen LogP contribution is -2.40. The first-order valence-electron chi connectivity index (χ1n) is 6.91. The Morgan fingerprint density at radius 2 is 2.18 bits per heavy atom. The second-order valence-corrected chi connectivity index (χ2v) is 7.38. The molecule has 9 heteroatoms. The number of hydrogen-bond acceptors (Lipinski definition) is 5. The zero-order valence-corrected chi connectivity index (χ0v) is 13.6. The number of ether oxygens (including phenoxy) is 1. The van der Waals surface area contributed by atoms with Gasteiger partial charge in [0.25, 0.3) is 10.0 Å². The number of imidazole rings is 1. The molecule has 0 bridgehead atoms. The SMILES string of the molecule is COC[C@H]1CN(S(=O)(=O)c2cn(C)cn2)Cc2c1cnn2C. The minimum absolute atomic E-state index is 0.0269. The maximum atomic E-state index is 12.8. The standard InChI is InChI=1S/C13H19N5O3S/c1-16-7-13(14-9-16)22(19,20)18-5-10(8-21-3)11-4-15-17(2)12(11)6-18/h4,7,9-10H,5-6,8H2,1-3H3/t10-/m1/s1. The maximum absolute atomic E-state index is 12.8. The van der Waals surface area contributed by atoms with E-state index in [0.29, 0.717) is 19.7 Å². The van der Waals surface area contributed by atoms with E-state index >= 15 is 0 Å². The van der Waals surface area contributed by atoms with E-state index in [1.807, 2.05) is 7.05 Å². The van der Waals surface area contributed by atoms with Gasteiger partial charge in [-0.05, 0) is 0 Å². The molecule has 1 atom stereocenters. The Morgan fingerprint density at radius 3 is 2.82 bits per heavy atom. The fourth-order valence-electron chi connectivity index (χ4n) is 2.77. The monoisotopic (exact) mass is 325 g/mol. The Labute approximate surface area is 129 Å². The van der Waals surface area contributed by atoms with Crippen molar-refractivity contribution in [1.29, 1.82) is 0 Å². The van der Waals surface area contributed by atoms with Crippen LogP contribution in [0.2, 0.25) is 0 Å². The van der Waals surface area contributed by atoms with Gasteiger partial charge in [-0.3, -0.25) is 4.68 Å². The van der Waals surface area contributed by atoms with Gasteiger partial charge in [0.1, 0.15) is 0 Å². The van der Waals surface area contributed by atoms with Crippen LogP contribution < -0.4 is 0 Å². The molecule has 120 valence electrons. The van der Waals surface area contributed by atoms with E-state index in [-0.39, 0.29) is 10.9 Å². The lowest BCUT2D eigenvalue weighted by Gasteiger charge is -2.31. The van der Waals surface area contributed by atoms with Gasteiger partial charge in [-0.2, -0.15) is 9.40 Å². The van der Waals surface area contributed by atoms with E-state index in [1.54, 1.807) is 29.6 Å². The van der Waals surface area contributed by atoms with Crippen LogP contribution in [0.25, 0.3) is 0 Å². The topological polar surface area (TPSA) is 82.2 Å². The summed E-state index contributed by atoms with van der Waals surface area (Å²) in [4.78, 5) is 3.98. The molecule has 0 unspecified atom stereocenters. The Hall–Kier alpha value is -1.71. The molecule has 1 aliphatic rings. The number of nitrogens with zero attached hydrogens (tertiary/aromatic N) is 5. The van der Waals surface area contributed by atoms with Gasteiger partial charge in [-0.25, -0.2) is 13.4 Å². The van der Waals surface area contributed by atoms with Crippen molar-refractivity contribution in [3.05, 3.63) is 30.0 Å². The van der Waals surface area contributed by atoms with Crippen LogP contribution >= 0.6 is 0 Å². The van der Waals surface area contributed by atoms with Crippen LogP contribution in [0.5, 0.6) is 0 Å². The van der Waals surface area contributed by atoms with Gasteiger partial charge in [0.05, 0.1) is 31.4 Å². The molecule has 0 fully saturated rings. The molecule has 2 aromatic rings. The highest BCUT2D eigenvalue weighted by Crippen LogP contribution is 2.31. The van der Waals surface area contributed by atoms with Crippen molar-refractivity contribution >= 4 is 10.0 Å². The molecule has 0 saturated carbocycles. The number of aromatic nitrogens is 4. The summed E-state index contributed by atoms with van der Waals surface area (Å²) in [7, 11) is 1.55. The third-order valence-corrected chi connectivity index (χ3v) is 5.63. The molecular weight excluding hydrogens is 306 g/mol. The number of rotatable bonds is 4. The first-order valence-corrected chi connectivity index (χ1v) is 8.35. The zero-order valence-electron chi connectivity index (χ0n) is 12.8. The smallest absolute Gasteiger partial charge is 0.262 e. The van der Waals surface area contributed by atoms with Crippen molar-refractivity contribution < 1.29 is 13.2 Å². The highest BCUT2D eigenvalue weighted by atomic mass is 32.2. The molecule has 0 aliphatic carbocycles. The second-order valence-electron chi connectivity index (χ2n) is 5.50. The number of methoxy groups -OCH3 is 1. The van der Waals surface area contributed by atoms with E-state index < -0.39 is 10.0 Å². The fraction of sp³-hybridized carbons (Fsp3) is 0.538. The molecule has 8 nitrogen and oxygen atoms in total. The molecule has 0 saturated heterocycles. The molecule has 22 heavy (non-hydrogen) atoms. The van der Waals surface area contributed by atoms with Crippen LogP contribution in [0.1, 0.15) is 17.2 Å². The van der Waals surface area contributed by atoms with Gasteiger partial charge in [0, 0.05) is 45.4 Å². The van der Waals surface area contributed by atoms with Crippen LogP contribution in [-0.4, -0.2) is 52.3 Å². The largest absolute Gasteiger partial charge is 0.384 e. The van der Waals surface area contributed by atoms with Gasteiger partial charge in [-0.1, -0.05) is 0 Å². The summed E-state index contributed by atoms with van der Waals surface area (Å²) in [6.45, 7) is 1.11. The lowest BCUT2D eigenvalue weighted by molar-refractivity contribution is 0.162. The third kappa shape index (κ3) is 2.44. The zero-order chi connectivity index (χ0) is 15.9. The van der Waals surface area contributed by atoms with Gasteiger partial charge >= 0.3 is 0 Å². The van der Waals surface area contributed by atoms with Crippen LogP contribution in [0.3, 0.4) is 0 Å². The van der Waals surface area contributed by atoms with Crippen LogP contribution in [-0.2, 0) is 35.4 Å². The number of aryl methyl sites for hydroxylation is 2. The van der Waals surface area contributed by atoms with E-state index in [1.165, 1.54) is 16.8 Å². The van der Waals surface area contributed by atoms with Crippen LogP contribution in [0.15, 0.2) is 23.7 Å².